The molecule has 3 nitrogen and oxygen atoms in total. The zero-order chi connectivity index (χ0) is 14.7. The quantitative estimate of drug-likeness (QED) is 0.782. The molecule has 0 radical (unpaired) electrons. The molecule has 1 saturated carbocycles. The summed E-state index contributed by atoms with van der Waals surface area (Å²) < 4.78 is 5.71. The summed E-state index contributed by atoms with van der Waals surface area (Å²) in [6, 6.07) is 9.85. The van der Waals surface area contributed by atoms with Crippen molar-refractivity contribution >= 4 is 28.5 Å². The fraction of sp³-hybridized carbons (Fsp3) is 0.471. The Kier molecular flexibility index (Phi) is 4.49. The maximum atomic E-state index is 12.8. The van der Waals surface area contributed by atoms with Gasteiger partial charge in [-0.1, -0.05) is 37.5 Å². The molecule has 21 heavy (non-hydrogen) atoms. The van der Waals surface area contributed by atoms with Crippen molar-refractivity contribution in [2.45, 2.75) is 38.1 Å². The van der Waals surface area contributed by atoms with E-state index in [1.807, 2.05) is 35.2 Å². The van der Waals surface area contributed by atoms with Crippen molar-refractivity contribution in [2.75, 3.05) is 12.4 Å². The molecule has 1 aliphatic rings. The lowest BCUT2D eigenvalue weighted by Gasteiger charge is -2.33. The molecule has 0 saturated heterocycles. The molecule has 112 valence electrons. The summed E-state index contributed by atoms with van der Waals surface area (Å²) in [5.41, 5.74) is 0.760. The summed E-state index contributed by atoms with van der Waals surface area (Å²) in [7, 11) is 0. The summed E-state index contributed by atoms with van der Waals surface area (Å²) in [4.78, 5) is 14.7. The Bertz CT molecular complexity index is 583. The van der Waals surface area contributed by atoms with Crippen LogP contribution in [-0.4, -0.2) is 29.3 Å². The van der Waals surface area contributed by atoms with Gasteiger partial charge >= 0.3 is 0 Å². The van der Waals surface area contributed by atoms with E-state index < -0.39 is 0 Å². The van der Waals surface area contributed by atoms with Gasteiger partial charge in [0.05, 0.1) is 0 Å². The molecule has 1 amide bonds. The van der Waals surface area contributed by atoms with E-state index in [0.29, 0.717) is 24.2 Å². The van der Waals surface area contributed by atoms with Gasteiger partial charge in [-0.3, -0.25) is 4.79 Å². The first-order valence-corrected chi connectivity index (χ1v) is 8.18. The summed E-state index contributed by atoms with van der Waals surface area (Å²) >= 11 is 5.90. The van der Waals surface area contributed by atoms with Crippen LogP contribution in [-0.2, 0) is 0 Å². The Morgan fingerprint density at radius 2 is 2.00 bits per heavy atom. The van der Waals surface area contributed by atoms with E-state index in [1.54, 1.807) is 0 Å². The summed E-state index contributed by atoms with van der Waals surface area (Å²) in [5.74, 6) is 0.855. The van der Waals surface area contributed by atoms with Crippen molar-refractivity contribution in [3.05, 3.63) is 36.1 Å². The maximum Gasteiger partial charge on any atom is 0.289 e. The van der Waals surface area contributed by atoms with E-state index in [0.717, 1.165) is 23.8 Å². The second-order valence-electron chi connectivity index (χ2n) is 5.63. The van der Waals surface area contributed by atoms with E-state index >= 15 is 0 Å². The topological polar surface area (TPSA) is 33.5 Å². The lowest BCUT2D eigenvalue weighted by atomic mass is 9.94. The molecule has 1 heterocycles. The Morgan fingerprint density at radius 3 is 2.71 bits per heavy atom. The van der Waals surface area contributed by atoms with Crippen LogP contribution < -0.4 is 0 Å². The average Bonchev–Trinajstić information content (AvgIpc) is 2.97. The number of furan rings is 1. The number of para-hydroxylation sites is 1. The number of carbonyl (C=O) groups excluding carboxylic acids is 1. The van der Waals surface area contributed by atoms with Gasteiger partial charge in [-0.2, -0.15) is 0 Å². The van der Waals surface area contributed by atoms with E-state index in [-0.39, 0.29) is 5.91 Å². The Labute approximate surface area is 129 Å². The molecule has 0 atom stereocenters. The summed E-state index contributed by atoms with van der Waals surface area (Å²) in [6.45, 7) is 0.585. The van der Waals surface area contributed by atoms with E-state index in [9.17, 15) is 4.79 Å². The molecule has 4 heteroatoms. The second-order valence-corrected chi connectivity index (χ2v) is 6.01. The summed E-state index contributed by atoms with van der Waals surface area (Å²) in [6.07, 6.45) is 5.80. The minimum Gasteiger partial charge on any atom is -0.451 e. The van der Waals surface area contributed by atoms with Gasteiger partial charge in [0.1, 0.15) is 5.58 Å². The van der Waals surface area contributed by atoms with Gasteiger partial charge in [-0.25, -0.2) is 0 Å². The molecular formula is C17H20ClNO2. The van der Waals surface area contributed by atoms with Crippen molar-refractivity contribution in [3.63, 3.8) is 0 Å². The molecule has 0 spiro atoms. The highest BCUT2D eigenvalue weighted by molar-refractivity contribution is 6.18. The van der Waals surface area contributed by atoms with Crippen LogP contribution in [0, 0.1) is 0 Å². The third-order valence-corrected chi connectivity index (χ3v) is 4.41. The van der Waals surface area contributed by atoms with Gasteiger partial charge in [0.15, 0.2) is 5.76 Å². The lowest BCUT2D eigenvalue weighted by Crippen LogP contribution is -2.42. The minimum absolute atomic E-state index is 0.0289. The van der Waals surface area contributed by atoms with Crippen molar-refractivity contribution in [1.29, 1.82) is 0 Å². The highest BCUT2D eigenvalue weighted by atomic mass is 35.5. The molecule has 0 bridgehead atoms. The number of carbonyl (C=O) groups is 1. The van der Waals surface area contributed by atoms with Crippen molar-refractivity contribution in [2.24, 2.45) is 0 Å². The molecule has 2 aromatic rings. The maximum absolute atomic E-state index is 12.8. The predicted octanol–water partition coefficient (Wildman–Crippen LogP) is 4.45. The highest BCUT2D eigenvalue weighted by Crippen LogP contribution is 2.26. The molecular weight excluding hydrogens is 286 g/mol. The number of hydrogen-bond acceptors (Lipinski definition) is 2. The van der Waals surface area contributed by atoms with E-state index in [4.69, 9.17) is 16.0 Å². The number of hydrogen-bond donors (Lipinski definition) is 0. The van der Waals surface area contributed by atoms with Gasteiger partial charge in [0.2, 0.25) is 0 Å². The summed E-state index contributed by atoms with van der Waals surface area (Å²) in [5, 5.41) is 0.968. The average molecular weight is 306 g/mol. The molecule has 0 unspecified atom stereocenters. The SMILES string of the molecule is O=C(c1cc2ccccc2o1)N(CCCl)C1CCCCC1. The first kappa shape index (κ1) is 14.5. The standard InChI is InChI=1S/C17H20ClNO2/c18-10-11-19(14-7-2-1-3-8-14)17(20)16-12-13-6-4-5-9-15(13)21-16/h4-6,9,12,14H,1-3,7-8,10-11H2. The van der Waals surface area contributed by atoms with Gasteiger partial charge in [-0.15, -0.1) is 11.6 Å². The number of amides is 1. The minimum atomic E-state index is -0.0289. The fourth-order valence-corrected chi connectivity index (χ4v) is 3.34. The molecule has 1 aliphatic carbocycles. The molecule has 1 aromatic carbocycles. The number of benzene rings is 1. The Morgan fingerprint density at radius 1 is 1.24 bits per heavy atom. The second kappa shape index (κ2) is 6.52. The van der Waals surface area contributed by atoms with Crippen molar-refractivity contribution < 1.29 is 9.21 Å². The van der Waals surface area contributed by atoms with Crippen LogP contribution >= 0.6 is 11.6 Å². The highest BCUT2D eigenvalue weighted by Gasteiger charge is 2.27. The molecule has 3 rings (SSSR count). The first-order chi connectivity index (χ1) is 10.3. The van der Waals surface area contributed by atoms with E-state index in [1.165, 1.54) is 19.3 Å². The largest absolute Gasteiger partial charge is 0.451 e. The number of alkyl halides is 1. The smallest absolute Gasteiger partial charge is 0.289 e. The molecule has 1 aromatic heterocycles. The normalized spacial score (nSPS) is 16.2. The number of nitrogens with zero attached hydrogens (tertiary/aromatic N) is 1. The van der Waals surface area contributed by atoms with Gasteiger partial charge in [0, 0.05) is 23.9 Å². The van der Waals surface area contributed by atoms with Crippen LogP contribution in [0.15, 0.2) is 34.7 Å². The first-order valence-electron chi connectivity index (χ1n) is 7.65. The van der Waals surface area contributed by atoms with Crippen molar-refractivity contribution in [1.82, 2.24) is 4.90 Å². The van der Waals surface area contributed by atoms with E-state index in [2.05, 4.69) is 0 Å². The third kappa shape index (κ3) is 3.08. The Balaban J connectivity index is 1.85. The molecule has 1 fully saturated rings. The Hall–Kier alpha value is -1.48. The van der Waals surface area contributed by atoms with Crippen LogP contribution in [0.3, 0.4) is 0 Å². The van der Waals surface area contributed by atoms with Crippen LogP contribution in [0.4, 0.5) is 0 Å². The van der Waals surface area contributed by atoms with Crippen LogP contribution in [0.2, 0.25) is 0 Å². The van der Waals surface area contributed by atoms with Gasteiger partial charge in [0.25, 0.3) is 5.91 Å². The number of halogens is 1. The zero-order valence-electron chi connectivity index (χ0n) is 12.1. The van der Waals surface area contributed by atoms with Gasteiger partial charge in [-0.05, 0) is 25.0 Å². The number of rotatable bonds is 4. The zero-order valence-corrected chi connectivity index (χ0v) is 12.8. The lowest BCUT2D eigenvalue weighted by molar-refractivity contribution is 0.0619. The van der Waals surface area contributed by atoms with Crippen LogP contribution in [0.25, 0.3) is 11.0 Å². The predicted molar refractivity (Wildman–Crippen MR) is 84.8 cm³/mol. The monoisotopic (exact) mass is 305 g/mol. The van der Waals surface area contributed by atoms with Crippen molar-refractivity contribution in [3.8, 4) is 0 Å². The third-order valence-electron chi connectivity index (χ3n) is 4.24. The molecule has 0 aliphatic heterocycles. The number of fused-ring (bicyclic) bond motifs is 1. The van der Waals surface area contributed by atoms with Gasteiger partial charge < -0.3 is 9.32 Å². The molecule has 0 N–H and O–H groups in total. The fourth-order valence-electron chi connectivity index (χ4n) is 3.16. The van der Waals surface area contributed by atoms with Crippen LogP contribution in [0.1, 0.15) is 42.7 Å². The van der Waals surface area contributed by atoms with Crippen LogP contribution in [0.5, 0.6) is 0 Å².